The maximum Gasteiger partial charge on any atom is 0.326 e. The molecule has 2 saturated heterocycles. The lowest BCUT2D eigenvalue weighted by atomic mass is 9.76. The van der Waals surface area contributed by atoms with Crippen molar-refractivity contribution in [2.75, 3.05) is 19.6 Å². The molecule has 1 aromatic carbocycles. The zero-order valence-electron chi connectivity index (χ0n) is 15.6. The van der Waals surface area contributed by atoms with Crippen molar-refractivity contribution in [3.05, 3.63) is 34.9 Å². The molecular weight excluding hydrogens is 332 g/mol. The van der Waals surface area contributed by atoms with Gasteiger partial charge in [0.2, 0.25) is 5.91 Å². The van der Waals surface area contributed by atoms with Crippen LogP contribution in [0.15, 0.2) is 18.2 Å². The number of carbonyl (C=O) groups excluding carboxylic acids is 2. The van der Waals surface area contributed by atoms with Gasteiger partial charge in [0.25, 0.3) is 5.91 Å². The van der Waals surface area contributed by atoms with Gasteiger partial charge in [0, 0.05) is 32.1 Å². The Bertz CT molecular complexity index is 726. The van der Waals surface area contributed by atoms with Crippen molar-refractivity contribution in [2.24, 2.45) is 5.41 Å². The molecule has 1 N–H and O–H groups in total. The number of amides is 2. The van der Waals surface area contributed by atoms with E-state index in [1.165, 1.54) is 11.8 Å². The molecule has 2 heterocycles. The van der Waals surface area contributed by atoms with Crippen LogP contribution in [0.4, 0.5) is 0 Å². The van der Waals surface area contributed by atoms with Gasteiger partial charge in [-0.15, -0.1) is 0 Å². The van der Waals surface area contributed by atoms with Gasteiger partial charge < -0.3 is 14.9 Å². The summed E-state index contributed by atoms with van der Waals surface area (Å²) in [6, 6.07) is 5.01. The Morgan fingerprint density at radius 1 is 1.12 bits per heavy atom. The van der Waals surface area contributed by atoms with Gasteiger partial charge in [-0.25, -0.2) is 4.79 Å². The fourth-order valence-electron chi connectivity index (χ4n) is 4.21. The largest absolute Gasteiger partial charge is 0.480 e. The molecule has 0 bridgehead atoms. The Morgan fingerprint density at radius 2 is 1.77 bits per heavy atom. The van der Waals surface area contributed by atoms with Crippen molar-refractivity contribution in [3.8, 4) is 0 Å². The molecule has 1 aromatic rings. The number of piperidine rings is 1. The Hall–Kier alpha value is -2.37. The van der Waals surface area contributed by atoms with Gasteiger partial charge in [-0.05, 0) is 61.8 Å². The van der Waals surface area contributed by atoms with E-state index in [9.17, 15) is 19.5 Å². The Balaban J connectivity index is 1.69. The van der Waals surface area contributed by atoms with Crippen LogP contribution >= 0.6 is 0 Å². The molecule has 0 saturated carbocycles. The van der Waals surface area contributed by atoms with E-state index in [4.69, 9.17) is 0 Å². The monoisotopic (exact) mass is 358 g/mol. The number of likely N-dealkylation sites (tertiary alicyclic amines) is 2. The second kappa shape index (κ2) is 6.74. The van der Waals surface area contributed by atoms with E-state index in [-0.39, 0.29) is 17.2 Å². The third kappa shape index (κ3) is 3.32. The second-order valence-electron chi connectivity index (χ2n) is 7.80. The highest BCUT2D eigenvalue weighted by Gasteiger charge is 2.49. The third-order valence-corrected chi connectivity index (χ3v) is 6.06. The highest BCUT2D eigenvalue weighted by molar-refractivity contribution is 5.94. The van der Waals surface area contributed by atoms with Gasteiger partial charge in [0.15, 0.2) is 0 Å². The molecule has 0 aromatic heterocycles. The predicted octanol–water partition coefficient (Wildman–Crippen LogP) is 2.23. The van der Waals surface area contributed by atoms with Gasteiger partial charge in [-0.3, -0.25) is 9.59 Å². The number of aryl methyl sites for hydroxylation is 2. The molecule has 0 aliphatic carbocycles. The summed E-state index contributed by atoms with van der Waals surface area (Å²) in [7, 11) is 0. The number of hydrogen-bond acceptors (Lipinski definition) is 3. The molecule has 1 spiro atoms. The van der Waals surface area contributed by atoms with Crippen LogP contribution in [0.1, 0.15) is 47.7 Å². The van der Waals surface area contributed by atoms with Crippen molar-refractivity contribution in [1.82, 2.24) is 9.80 Å². The predicted molar refractivity (Wildman–Crippen MR) is 96.9 cm³/mol. The molecule has 140 valence electrons. The first-order valence-electron chi connectivity index (χ1n) is 9.09. The van der Waals surface area contributed by atoms with E-state index in [1.807, 2.05) is 36.9 Å². The van der Waals surface area contributed by atoms with E-state index >= 15 is 0 Å². The van der Waals surface area contributed by atoms with Crippen LogP contribution < -0.4 is 0 Å². The van der Waals surface area contributed by atoms with E-state index < -0.39 is 12.0 Å². The third-order valence-electron chi connectivity index (χ3n) is 6.06. The summed E-state index contributed by atoms with van der Waals surface area (Å²) in [5.74, 6) is -1.10. The Morgan fingerprint density at radius 3 is 2.27 bits per heavy atom. The Kier molecular flexibility index (Phi) is 4.78. The summed E-state index contributed by atoms with van der Waals surface area (Å²) in [4.78, 5) is 39.4. The number of carboxylic acids is 1. The van der Waals surface area contributed by atoms with E-state index in [2.05, 4.69) is 0 Å². The highest BCUT2D eigenvalue weighted by atomic mass is 16.4. The van der Waals surface area contributed by atoms with Gasteiger partial charge in [0.05, 0.1) is 0 Å². The summed E-state index contributed by atoms with van der Waals surface area (Å²) < 4.78 is 0. The minimum absolute atomic E-state index is 0.0270. The van der Waals surface area contributed by atoms with Crippen molar-refractivity contribution >= 4 is 17.8 Å². The minimum Gasteiger partial charge on any atom is -0.480 e. The summed E-state index contributed by atoms with van der Waals surface area (Å²) in [5.41, 5.74) is 2.77. The van der Waals surface area contributed by atoms with Crippen molar-refractivity contribution in [2.45, 2.75) is 46.1 Å². The molecule has 0 radical (unpaired) electrons. The van der Waals surface area contributed by atoms with Crippen LogP contribution in [0.5, 0.6) is 0 Å². The lowest BCUT2D eigenvalue weighted by molar-refractivity contribution is -0.147. The topological polar surface area (TPSA) is 77.9 Å². The Labute approximate surface area is 153 Å². The molecule has 26 heavy (non-hydrogen) atoms. The lowest BCUT2D eigenvalue weighted by Crippen LogP contribution is -2.44. The summed E-state index contributed by atoms with van der Waals surface area (Å²) >= 11 is 0. The van der Waals surface area contributed by atoms with Crippen LogP contribution in [0.3, 0.4) is 0 Å². The smallest absolute Gasteiger partial charge is 0.326 e. The molecule has 2 aliphatic rings. The van der Waals surface area contributed by atoms with Gasteiger partial charge >= 0.3 is 5.97 Å². The minimum atomic E-state index is -0.939. The molecule has 1 atom stereocenters. The fourth-order valence-corrected chi connectivity index (χ4v) is 4.21. The number of hydrogen-bond donors (Lipinski definition) is 1. The SMILES string of the molecule is CC(=O)N1CC2(CCN(C(=O)c3ccc(C)c(C)c3)CC2)CC1C(=O)O. The standard InChI is InChI=1S/C20H26N2O4/c1-13-4-5-16(10-14(13)2)18(24)21-8-6-20(7-9-21)11-17(19(25)26)22(12-20)15(3)23/h4-5,10,17H,6-9,11-12H2,1-3H3,(H,25,26). The van der Waals surface area contributed by atoms with Crippen LogP contribution in [0.25, 0.3) is 0 Å². The van der Waals surface area contributed by atoms with Gasteiger partial charge in [-0.2, -0.15) is 0 Å². The summed E-state index contributed by atoms with van der Waals surface area (Å²) in [6.07, 6.45) is 1.95. The number of rotatable bonds is 2. The molecule has 1 unspecified atom stereocenters. The summed E-state index contributed by atoms with van der Waals surface area (Å²) in [5, 5.41) is 9.43. The number of aliphatic carboxylic acids is 1. The molecule has 6 nitrogen and oxygen atoms in total. The molecule has 2 amide bonds. The number of nitrogens with zero attached hydrogens (tertiary/aromatic N) is 2. The van der Waals surface area contributed by atoms with Crippen LogP contribution in [-0.2, 0) is 9.59 Å². The van der Waals surface area contributed by atoms with E-state index in [1.54, 1.807) is 0 Å². The number of carboxylic acid groups (broad SMARTS) is 1. The summed E-state index contributed by atoms with van der Waals surface area (Å²) in [6.45, 7) is 7.12. The highest BCUT2D eigenvalue weighted by Crippen LogP contribution is 2.43. The molecular formula is C20H26N2O4. The lowest BCUT2D eigenvalue weighted by Gasteiger charge is -2.39. The van der Waals surface area contributed by atoms with Crippen LogP contribution in [0.2, 0.25) is 0 Å². The maximum atomic E-state index is 12.8. The fraction of sp³-hybridized carbons (Fsp3) is 0.550. The molecule has 6 heteroatoms. The van der Waals surface area contributed by atoms with Crippen molar-refractivity contribution in [1.29, 1.82) is 0 Å². The molecule has 2 fully saturated rings. The number of carbonyl (C=O) groups is 3. The van der Waals surface area contributed by atoms with Crippen molar-refractivity contribution < 1.29 is 19.5 Å². The average molecular weight is 358 g/mol. The first-order valence-corrected chi connectivity index (χ1v) is 9.09. The maximum absolute atomic E-state index is 12.8. The van der Waals surface area contributed by atoms with Gasteiger partial charge in [-0.1, -0.05) is 6.07 Å². The zero-order valence-corrected chi connectivity index (χ0v) is 15.6. The molecule has 3 rings (SSSR count). The zero-order chi connectivity index (χ0) is 19.1. The first-order chi connectivity index (χ1) is 12.2. The molecule has 2 aliphatic heterocycles. The average Bonchev–Trinajstić information content (AvgIpc) is 2.97. The van der Waals surface area contributed by atoms with Crippen molar-refractivity contribution in [3.63, 3.8) is 0 Å². The van der Waals surface area contributed by atoms with Crippen LogP contribution in [0, 0.1) is 19.3 Å². The normalized spacial score (nSPS) is 21.9. The quantitative estimate of drug-likeness (QED) is 0.879. The second-order valence-corrected chi connectivity index (χ2v) is 7.80. The van der Waals surface area contributed by atoms with Gasteiger partial charge in [0.1, 0.15) is 6.04 Å². The van der Waals surface area contributed by atoms with E-state index in [0.29, 0.717) is 31.6 Å². The number of benzene rings is 1. The van der Waals surface area contributed by atoms with Crippen LogP contribution in [-0.4, -0.2) is 58.4 Å². The first kappa shape index (κ1) is 18.4. The van der Waals surface area contributed by atoms with E-state index in [0.717, 1.165) is 24.0 Å².